The largest absolute Gasteiger partial charge is 0.324 e. The first-order valence-electron chi connectivity index (χ1n) is 5.52. The fraction of sp³-hybridized carbons (Fsp3) is 0.538. The predicted octanol–water partition coefficient (Wildman–Crippen LogP) is 3.99. The molecule has 1 atom stereocenters. The monoisotopic (exact) mass is 245 g/mol. The highest BCUT2D eigenvalue weighted by Gasteiger charge is 2.10. The van der Waals surface area contributed by atoms with Crippen LogP contribution in [0.4, 0.5) is 4.39 Å². The Morgan fingerprint density at radius 2 is 1.88 bits per heavy atom. The summed E-state index contributed by atoms with van der Waals surface area (Å²) in [6, 6.07) is 4.79. The van der Waals surface area contributed by atoms with E-state index in [0.29, 0.717) is 5.92 Å². The van der Waals surface area contributed by atoms with E-state index in [4.69, 9.17) is 5.73 Å². The number of hydrogen-bond acceptors (Lipinski definition) is 1. The Morgan fingerprint density at radius 3 is 2.44 bits per heavy atom. The molecule has 0 heterocycles. The molecule has 2 N–H and O–H groups in total. The second-order valence-corrected chi connectivity index (χ2v) is 4.58. The molecule has 1 rings (SSSR count). The minimum atomic E-state index is -0.199. The Bertz CT molecular complexity index is 326. The van der Waals surface area contributed by atoms with Gasteiger partial charge in [-0.25, -0.2) is 4.39 Å². The van der Waals surface area contributed by atoms with Gasteiger partial charge >= 0.3 is 0 Å². The van der Waals surface area contributed by atoms with Crippen LogP contribution in [0.2, 0.25) is 0 Å². The van der Waals surface area contributed by atoms with Gasteiger partial charge in [0.25, 0.3) is 0 Å². The van der Waals surface area contributed by atoms with Gasteiger partial charge in [-0.2, -0.15) is 0 Å². The maximum atomic E-state index is 13.1. The zero-order chi connectivity index (χ0) is 11.4. The molecule has 0 bridgehead atoms. The Kier molecular flexibility index (Phi) is 6.61. The van der Waals surface area contributed by atoms with Gasteiger partial charge in [-0.05, 0) is 48.9 Å². The molecule has 16 heavy (non-hydrogen) atoms. The fourth-order valence-corrected chi connectivity index (χ4v) is 1.68. The van der Waals surface area contributed by atoms with E-state index < -0.39 is 0 Å². The summed E-state index contributed by atoms with van der Waals surface area (Å²) in [6.45, 7) is 6.32. The molecule has 0 saturated carbocycles. The molecule has 0 saturated heterocycles. The van der Waals surface area contributed by atoms with E-state index in [1.54, 1.807) is 12.1 Å². The maximum absolute atomic E-state index is 13.1. The highest BCUT2D eigenvalue weighted by molar-refractivity contribution is 5.85. The standard InChI is InChI=1S/C13H20FN.ClH/c1-9(2)4-7-13(15)12-8-11(14)6-5-10(12)3;/h5-6,8-9,13H,4,7,15H2,1-3H3;1H/t13-;/m0./s1. The molecule has 0 fully saturated rings. The van der Waals surface area contributed by atoms with Gasteiger partial charge in [0.05, 0.1) is 0 Å². The third-order valence-corrected chi connectivity index (χ3v) is 2.70. The van der Waals surface area contributed by atoms with E-state index in [-0.39, 0.29) is 24.3 Å². The van der Waals surface area contributed by atoms with Crippen molar-refractivity contribution in [2.24, 2.45) is 11.7 Å². The van der Waals surface area contributed by atoms with Crippen molar-refractivity contribution in [1.29, 1.82) is 0 Å². The number of nitrogens with two attached hydrogens (primary N) is 1. The summed E-state index contributed by atoms with van der Waals surface area (Å²) in [7, 11) is 0. The van der Waals surface area contributed by atoms with Crippen molar-refractivity contribution in [2.75, 3.05) is 0 Å². The normalized spacial score (nSPS) is 12.4. The number of hydrogen-bond donors (Lipinski definition) is 1. The SMILES string of the molecule is Cc1ccc(F)cc1[C@@H](N)CCC(C)C.Cl. The van der Waals surface area contributed by atoms with E-state index in [9.17, 15) is 4.39 Å². The summed E-state index contributed by atoms with van der Waals surface area (Å²) < 4.78 is 13.1. The molecular formula is C13H21ClFN. The van der Waals surface area contributed by atoms with Crippen LogP contribution in [-0.4, -0.2) is 0 Å². The van der Waals surface area contributed by atoms with Crippen molar-refractivity contribution in [3.05, 3.63) is 35.1 Å². The van der Waals surface area contributed by atoms with Crippen molar-refractivity contribution in [2.45, 2.75) is 39.7 Å². The third kappa shape index (κ3) is 4.50. The Labute approximate surface area is 104 Å². The van der Waals surface area contributed by atoms with E-state index in [2.05, 4.69) is 13.8 Å². The molecule has 0 amide bonds. The van der Waals surface area contributed by atoms with Crippen LogP contribution < -0.4 is 5.73 Å². The van der Waals surface area contributed by atoms with Crippen molar-refractivity contribution in [3.63, 3.8) is 0 Å². The summed E-state index contributed by atoms with van der Waals surface area (Å²) in [6.07, 6.45) is 2.00. The lowest BCUT2D eigenvalue weighted by Gasteiger charge is -2.15. The lowest BCUT2D eigenvalue weighted by atomic mass is 9.95. The predicted molar refractivity (Wildman–Crippen MR) is 69.4 cm³/mol. The molecule has 1 aromatic rings. The first-order chi connectivity index (χ1) is 7.00. The van der Waals surface area contributed by atoms with Gasteiger partial charge in [-0.15, -0.1) is 12.4 Å². The molecule has 0 unspecified atom stereocenters. The van der Waals surface area contributed by atoms with E-state index in [0.717, 1.165) is 24.0 Å². The molecular weight excluding hydrogens is 225 g/mol. The van der Waals surface area contributed by atoms with Crippen LogP contribution >= 0.6 is 12.4 Å². The van der Waals surface area contributed by atoms with Crippen molar-refractivity contribution in [3.8, 4) is 0 Å². The summed E-state index contributed by atoms with van der Waals surface area (Å²) in [5.41, 5.74) is 8.06. The van der Waals surface area contributed by atoms with Crippen LogP contribution in [0.3, 0.4) is 0 Å². The third-order valence-electron chi connectivity index (χ3n) is 2.70. The van der Waals surface area contributed by atoms with Crippen molar-refractivity contribution in [1.82, 2.24) is 0 Å². The van der Waals surface area contributed by atoms with Crippen LogP contribution in [-0.2, 0) is 0 Å². The van der Waals surface area contributed by atoms with Crippen LogP contribution in [0.15, 0.2) is 18.2 Å². The Balaban J connectivity index is 0.00000225. The molecule has 0 aliphatic rings. The molecule has 0 aromatic heterocycles. The molecule has 0 aliphatic carbocycles. The second-order valence-electron chi connectivity index (χ2n) is 4.58. The average molecular weight is 246 g/mol. The first-order valence-corrected chi connectivity index (χ1v) is 5.52. The van der Waals surface area contributed by atoms with Crippen LogP contribution in [0.5, 0.6) is 0 Å². The van der Waals surface area contributed by atoms with Gasteiger partial charge in [-0.1, -0.05) is 19.9 Å². The highest BCUT2D eigenvalue weighted by Crippen LogP contribution is 2.22. The van der Waals surface area contributed by atoms with Gasteiger partial charge in [-0.3, -0.25) is 0 Å². The second kappa shape index (κ2) is 6.87. The summed E-state index contributed by atoms with van der Waals surface area (Å²) >= 11 is 0. The van der Waals surface area contributed by atoms with Gasteiger partial charge in [0.1, 0.15) is 5.82 Å². The number of aryl methyl sites for hydroxylation is 1. The zero-order valence-electron chi connectivity index (χ0n) is 10.2. The lowest BCUT2D eigenvalue weighted by molar-refractivity contribution is 0.504. The van der Waals surface area contributed by atoms with Gasteiger partial charge in [0.2, 0.25) is 0 Å². The smallest absolute Gasteiger partial charge is 0.123 e. The quantitative estimate of drug-likeness (QED) is 0.853. The van der Waals surface area contributed by atoms with E-state index >= 15 is 0 Å². The fourth-order valence-electron chi connectivity index (χ4n) is 1.68. The average Bonchev–Trinajstić information content (AvgIpc) is 2.18. The summed E-state index contributed by atoms with van der Waals surface area (Å²) in [5, 5.41) is 0. The van der Waals surface area contributed by atoms with Crippen molar-refractivity contribution >= 4 is 12.4 Å². The van der Waals surface area contributed by atoms with Gasteiger partial charge in [0, 0.05) is 6.04 Å². The van der Waals surface area contributed by atoms with E-state index in [1.807, 2.05) is 6.92 Å². The van der Waals surface area contributed by atoms with E-state index in [1.165, 1.54) is 6.07 Å². The summed E-state index contributed by atoms with van der Waals surface area (Å²) in [4.78, 5) is 0. The maximum Gasteiger partial charge on any atom is 0.123 e. The summed E-state index contributed by atoms with van der Waals surface area (Å²) in [5.74, 6) is 0.445. The highest BCUT2D eigenvalue weighted by atomic mass is 35.5. The van der Waals surface area contributed by atoms with Crippen LogP contribution in [0.1, 0.15) is 43.9 Å². The molecule has 0 aliphatic heterocycles. The molecule has 0 radical (unpaired) electrons. The van der Waals surface area contributed by atoms with Gasteiger partial charge in [0.15, 0.2) is 0 Å². The van der Waals surface area contributed by atoms with Gasteiger partial charge < -0.3 is 5.73 Å². The first kappa shape index (κ1) is 15.4. The lowest BCUT2D eigenvalue weighted by Crippen LogP contribution is -2.13. The van der Waals surface area contributed by atoms with Crippen LogP contribution in [0.25, 0.3) is 0 Å². The van der Waals surface area contributed by atoms with Crippen LogP contribution in [0, 0.1) is 18.7 Å². The topological polar surface area (TPSA) is 26.0 Å². The Hall–Kier alpha value is -0.600. The van der Waals surface area contributed by atoms with Crippen molar-refractivity contribution < 1.29 is 4.39 Å². The number of rotatable bonds is 4. The zero-order valence-corrected chi connectivity index (χ0v) is 11.0. The molecule has 92 valence electrons. The minimum Gasteiger partial charge on any atom is -0.324 e. The molecule has 1 aromatic carbocycles. The molecule has 1 nitrogen and oxygen atoms in total. The molecule has 3 heteroatoms. The Morgan fingerprint density at radius 1 is 1.25 bits per heavy atom. The number of halogens is 2. The number of benzene rings is 1. The minimum absolute atomic E-state index is 0. The molecule has 0 spiro atoms.